The predicted octanol–water partition coefficient (Wildman–Crippen LogP) is 3.51. The maximum atomic E-state index is 11.6. The molecule has 5 nitrogen and oxygen atoms in total. The number of rotatable bonds is 7. The average molecular weight is 367 g/mol. The van der Waals surface area contributed by atoms with E-state index in [0.717, 1.165) is 44.7 Å². The Morgan fingerprint density at radius 1 is 1.28 bits per heavy atom. The fraction of sp³-hybridized carbons (Fsp3) is 0.579. The lowest BCUT2D eigenvalue weighted by molar-refractivity contribution is -0.130. The van der Waals surface area contributed by atoms with Gasteiger partial charge in [0.2, 0.25) is 5.91 Å². The number of amides is 2. The van der Waals surface area contributed by atoms with Crippen molar-refractivity contribution in [1.29, 1.82) is 0 Å². The van der Waals surface area contributed by atoms with Gasteiger partial charge in [0, 0.05) is 27.1 Å². The Bertz CT molecular complexity index is 598. The second-order valence-electron chi connectivity index (χ2n) is 6.51. The van der Waals surface area contributed by atoms with E-state index >= 15 is 0 Å². The molecule has 0 atom stereocenters. The monoisotopic (exact) mass is 366 g/mol. The number of halogens is 1. The van der Waals surface area contributed by atoms with Gasteiger partial charge in [0.25, 0.3) is 5.91 Å². The Morgan fingerprint density at radius 2 is 2.00 bits per heavy atom. The highest BCUT2D eigenvalue weighted by Crippen LogP contribution is 2.24. The predicted molar refractivity (Wildman–Crippen MR) is 99.2 cm³/mol. The van der Waals surface area contributed by atoms with Crippen LogP contribution in [0.25, 0.3) is 0 Å². The third-order valence-electron chi connectivity index (χ3n) is 4.75. The van der Waals surface area contributed by atoms with Crippen LogP contribution < -0.4 is 10.1 Å². The molecule has 1 aliphatic heterocycles. The molecule has 0 spiro atoms. The van der Waals surface area contributed by atoms with E-state index < -0.39 is 0 Å². The van der Waals surface area contributed by atoms with Crippen molar-refractivity contribution in [1.82, 2.24) is 10.2 Å². The van der Waals surface area contributed by atoms with E-state index in [2.05, 4.69) is 5.32 Å². The highest BCUT2D eigenvalue weighted by molar-refractivity contribution is 6.34. The van der Waals surface area contributed by atoms with Gasteiger partial charge in [0.15, 0.2) is 0 Å². The van der Waals surface area contributed by atoms with E-state index in [1.807, 2.05) is 4.90 Å². The summed E-state index contributed by atoms with van der Waals surface area (Å²) in [6.45, 7) is 4.08. The molecule has 1 aliphatic rings. The molecule has 0 bridgehead atoms. The Labute approximate surface area is 154 Å². The third kappa shape index (κ3) is 5.92. The number of nitrogens with one attached hydrogen (secondary N) is 1. The Kier molecular flexibility index (Phi) is 7.56. The molecule has 0 aromatic heterocycles. The number of nitrogens with zero attached hydrogens (tertiary/aromatic N) is 1. The fourth-order valence-electron chi connectivity index (χ4n) is 3.17. The molecule has 1 aromatic carbocycles. The minimum absolute atomic E-state index is 0.188. The number of carbonyl (C=O) groups is 2. The van der Waals surface area contributed by atoms with Gasteiger partial charge in [-0.05, 0) is 49.8 Å². The molecule has 2 rings (SSSR count). The maximum Gasteiger partial charge on any atom is 0.252 e. The normalized spacial score (nSPS) is 15.1. The smallest absolute Gasteiger partial charge is 0.252 e. The summed E-state index contributed by atoms with van der Waals surface area (Å²) in [5.74, 6) is 1.39. The molecular formula is C19H27ClN2O3. The number of piperidine rings is 1. The van der Waals surface area contributed by atoms with Crippen molar-refractivity contribution in [2.75, 3.05) is 26.7 Å². The molecule has 0 radical (unpaired) electrons. The van der Waals surface area contributed by atoms with Crippen molar-refractivity contribution < 1.29 is 14.3 Å². The van der Waals surface area contributed by atoms with Gasteiger partial charge >= 0.3 is 0 Å². The first-order valence-electron chi connectivity index (χ1n) is 8.91. The first-order valence-corrected chi connectivity index (χ1v) is 9.29. The van der Waals surface area contributed by atoms with Crippen molar-refractivity contribution in [3.63, 3.8) is 0 Å². The highest BCUT2D eigenvalue weighted by Gasteiger charge is 2.20. The van der Waals surface area contributed by atoms with Crippen LogP contribution in [0.3, 0.4) is 0 Å². The lowest BCUT2D eigenvalue weighted by atomic mass is 9.91. The number of carbonyl (C=O) groups excluding carboxylic acids is 2. The quantitative estimate of drug-likeness (QED) is 0.751. The van der Waals surface area contributed by atoms with E-state index in [0.29, 0.717) is 22.9 Å². The molecule has 25 heavy (non-hydrogen) atoms. The van der Waals surface area contributed by atoms with E-state index in [9.17, 15) is 9.59 Å². The van der Waals surface area contributed by atoms with Crippen LogP contribution in [-0.4, -0.2) is 43.5 Å². The number of likely N-dealkylation sites (tertiary alicyclic amines) is 1. The van der Waals surface area contributed by atoms with E-state index in [4.69, 9.17) is 16.3 Å². The van der Waals surface area contributed by atoms with Crippen LogP contribution in [0.15, 0.2) is 18.2 Å². The Morgan fingerprint density at radius 3 is 2.60 bits per heavy atom. The standard InChI is InChI=1S/C19H27ClN2O3/c1-14(23)22-10-8-15(9-11-22)5-3-4-12-25-16-6-7-17(18(20)13-16)19(24)21-2/h6-7,13,15H,3-5,8-12H2,1-2H3,(H,21,24). The zero-order valence-corrected chi connectivity index (χ0v) is 15.8. The molecular weight excluding hydrogens is 340 g/mol. The summed E-state index contributed by atoms with van der Waals surface area (Å²) in [7, 11) is 1.58. The third-order valence-corrected chi connectivity index (χ3v) is 5.06. The molecule has 0 aliphatic carbocycles. The summed E-state index contributed by atoms with van der Waals surface area (Å²) in [5, 5.41) is 2.95. The molecule has 1 aromatic rings. The zero-order chi connectivity index (χ0) is 18.2. The molecule has 138 valence electrons. The SMILES string of the molecule is CNC(=O)c1ccc(OCCCCC2CCN(C(C)=O)CC2)cc1Cl. The molecule has 1 saturated heterocycles. The number of hydrogen-bond acceptors (Lipinski definition) is 3. The van der Waals surface area contributed by atoms with Gasteiger partial charge < -0.3 is 15.0 Å². The lowest BCUT2D eigenvalue weighted by Crippen LogP contribution is -2.36. The first-order chi connectivity index (χ1) is 12.0. The van der Waals surface area contributed by atoms with E-state index in [1.165, 1.54) is 6.42 Å². The summed E-state index contributed by atoms with van der Waals surface area (Å²) in [6.07, 6.45) is 5.51. The van der Waals surface area contributed by atoms with Crippen LogP contribution in [0.5, 0.6) is 5.75 Å². The van der Waals surface area contributed by atoms with Gasteiger partial charge in [-0.3, -0.25) is 9.59 Å². The van der Waals surface area contributed by atoms with Crippen LogP contribution in [0.2, 0.25) is 5.02 Å². The number of unbranched alkanes of at least 4 members (excludes halogenated alkanes) is 1. The van der Waals surface area contributed by atoms with Crippen LogP contribution in [-0.2, 0) is 4.79 Å². The van der Waals surface area contributed by atoms with Crippen molar-refractivity contribution >= 4 is 23.4 Å². The summed E-state index contributed by atoms with van der Waals surface area (Å²) >= 11 is 6.11. The summed E-state index contributed by atoms with van der Waals surface area (Å²) in [6, 6.07) is 5.14. The van der Waals surface area contributed by atoms with Crippen LogP contribution >= 0.6 is 11.6 Å². The summed E-state index contributed by atoms with van der Waals surface area (Å²) < 4.78 is 5.72. The summed E-state index contributed by atoms with van der Waals surface area (Å²) in [4.78, 5) is 24.8. The average Bonchev–Trinajstić information content (AvgIpc) is 2.61. The van der Waals surface area contributed by atoms with Crippen molar-refractivity contribution in [2.24, 2.45) is 5.92 Å². The van der Waals surface area contributed by atoms with E-state index in [-0.39, 0.29) is 11.8 Å². The molecule has 0 unspecified atom stereocenters. The number of benzene rings is 1. The summed E-state index contributed by atoms with van der Waals surface area (Å²) in [5.41, 5.74) is 0.452. The topological polar surface area (TPSA) is 58.6 Å². The molecule has 2 amide bonds. The maximum absolute atomic E-state index is 11.6. The number of ether oxygens (including phenoxy) is 1. The molecule has 1 heterocycles. The van der Waals surface area contributed by atoms with Crippen LogP contribution in [0.1, 0.15) is 49.4 Å². The second-order valence-corrected chi connectivity index (χ2v) is 6.92. The van der Waals surface area contributed by atoms with Crippen molar-refractivity contribution in [3.05, 3.63) is 28.8 Å². The van der Waals surface area contributed by atoms with Gasteiger partial charge in [-0.1, -0.05) is 18.0 Å². The second kappa shape index (κ2) is 9.66. The Balaban J connectivity index is 1.64. The van der Waals surface area contributed by atoms with Crippen molar-refractivity contribution in [3.8, 4) is 5.75 Å². The lowest BCUT2D eigenvalue weighted by Gasteiger charge is -2.31. The molecule has 1 fully saturated rings. The van der Waals surface area contributed by atoms with Crippen LogP contribution in [0, 0.1) is 5.92 Å². The van der Waals surface area contributed by atoms with E-state index in [1.54, 1.807) is 32.2 Å². The first kappa shape index (κ1) is 19.6. The van der Waals surface area contributed by atoms with Gasteiger partial charge in [0.1, 0.15) is 5.75 Å². The fourth-order valence-corrected chi connectivity index (χ4v) is 3.42. The van der Waals surface area contributed by atoms with Crippen LogP contribution in [0.4, 0.5) is 0 Å². The minimum atomic E-state index is -0.202. The van der Waals surface area contributed by atoms with Crippen molar-refractivity contribution in [2.45, 2.75) is 39.0 Å². The molecule has 1 N–H and O–H groups in total. The highest BCUT2D eigenvalue weighted by atomic mass is 35.5. The van der Waals surface area contributed by atoms with Gasteiger partial charge in [-0.15, -0.1) is 0 Å². The zero-order valence-electron chi connectivity index (χ0n) is 15.0. The Hall–Kier alpha value is -1.75. The molecule has 0 saturated carbocycles. The van der Waals surface area contributed by atoms with Gasteiger partial charge in [0.05, 0.1) is 17.2 Å². The largest absolute Gasteiger partial charge is 0.494 e. The number of hydrogen-bond donors (Lipinski definition) is 1. The van der Waals surface area contributed by atoms with Gasteiger partial charge in [-0.25, -0.2) is 0 Å². The minimum Gasteiger partial charge on any atom is -0.494 e. The van der Waals surface area contributed by atoms with Gasteiger partial charge in [-0.2, -0.15) is 0 Å². The molecule has 6 heteroatoms.